The highest BCUT2D eigenvalue weighted by Gasteiger charge is 2.06. The van der Waals surface area contributed by atoms with Crippen LogP contribution in [-0.2, 0) is 6.54 Å². The highest BCUT2D eigenvalue weighted by Crippen LogP contribution is 2.30. The lowest BCUT2D eigenvalue weighted by Crippen LogP contribution is -2.06. The van der Waals surface area contributed by atoms with Gasteiger partial charge in [-0.15, -0.1) is 0 Å². The number of aromatic hydroxyl groups is 1. The van der Waals surface area contributed by atoms with Crippen molar-refractivity contribution in [3.63, 3.8) is 0 Å². The molecule has 1 aromatic heterocycles. The molecule has 0 bridgehead atoms. The number of phenolic OH excluding ortho intramolecular Hbond substituents is 1. The van der Waals surface area contributed by atoms with Crippen molar-refractivity contribution in [1.29, 1.82) is 0 Å². The third-order valence-corrected chi connectivity index (χ3v) is 4.28. The molecule has 0 radical (unpaired) electrons. The Bertz CT molecular complexity index is 736. The molecule has 0 unspecified atom stereocenters. The molecular weight excluding hydrogens is 268 g/mol. The number of hydrogen-bond donors (Lipinski definition) is 2. The van der Waals surface area contributed by atoms with Gasteiger partial charge in [0.15, 0.2) is 0 Å². The molecule has 0 aliphatic heterocycles. The van der Waals surface area contributed by atoms with E-state index in [1.54, 1.807) is 24.1 Å². The van der Waals surface area contributed by atoms with Crippen LogP contribution in [0.2, 0.25) is 0 Å². The van der Waals surface area contributed by atoms with Gasteiger partial charge in [-0.1, -0.05) is 18.2 Å². The van der Waals surface area contributed by atoms with Crippen LogP contribution < -0.4 is 5.32 Å². The van der Waals surface area contributed by atoms with Gasteiger partial charge < -0.3 is 10.4 Å². The average Bonchev–Trinajstić information content (AvgIpc) is 2.83. The van der Waals surface area contributed by atoms with E-state index in [0.717, 1.165) is 17.4 Å². The van der Waals surface area contributed by atoms with Crippen LogP contribution in [-0.4, -0.2) is 16.1 Å². The summed E-state index contributed by atoms with van der Waals surface area (Å²) in [6.07, 6.45) is 2.03. The second kappa shape index (κ2) is 5.61. The van der Waals surface area contributed by atoms with Crippen LogP contribution in [0, 0.1) is 0 Å². The summed E-state index contributed by atoms with van der Waals surface area (Å²) in [6.45, 7) is 0.850. The topological polar surface area (TPSA) is 37.2 Å². The number of rotatable bonds is 4. The fraction of sp³-hybridized carbons (Fsp3) is 0.125. The first kappa shape index (κ1) is 13.1. The van der Waals surface area contributed by atoms with Crippen LogP contribution in [0.25, 0.3) is 10.9 Å². The number of benzene rings is 2. The molecular formula is C16H16N2OS. The van der Waals surface area contributed by atoms with Gasteiger partial charge in [-0.2, -0.15) is 0 Å². The second-order valence-electron chi connectivity index (χ2n) is 4.61. The fourth-order valence-corrected chi connectivity index (χ4v) is 3.21. The molecule has 102 valence electrons. The summed E-state index contributed by atoms with van der Waals surface area (Å²) in [5.74, 6) is 0.302. The maximum Gasteiger partial charge on any atom is 0.116 e. The monoisotopic (exact) mass is 284 g/mol. The Kier molecular flexibility index (Phi) is 3.67. The lowest BCUT2D eigenvalue weighted by atomic mass is 10.2. The zero-order chi connectivity index (χ0) is 13.9. The van der Waals surface area contributed by atoms with E-state index < -0.39 is 0 Å². The van der Waals surface area contributed by atoms with E-state index in [1.165, 1.54) is 10.5 Å². The van der Waals surface area contributed by atoms with Crippen LogP contribution in [0.3, 0.4) is 0 Å². The van der Waals surface area contributed by atoms with Gasteiger partial charge >= 0.3 is 0 Å². The van der Waals surface area contributed by atoms with Gasteiger partial charge in [0.1, 0.15) is 5.75 Å². The predicted octanol–water partition coefficient (Wildman–Crippen LogP) is 3.62. The molecule has 2 aromatic carbocycles. The van der Waals surface area contributed by atoms with Crippen LogP contribution in [0.15, 0.2) is 59.6 Å². The lowest BCUT2D eigenvalue weighted by molar-refractivity contribution is 0.476. The molecule has 0 saturated heterocycles. The molecule has 4 heteroatoms. The number of nitrogens with one attached hydrogen (secondary N) is 1. The van der Waals surface area contributed by atoms with Gasteiger partial charge in [0, 0.05) is 23.0 Å². The summed E-state index contributed by atoms with van der Waals surface area (Å²) in [4.78, 5) is 1.23. The van der Waals surface area contributed by atoms with Gasteiger partial charge in [0.25, 0.3) is 0 Å². The van der Waals surface area contributed by atoms with E-state index in [9.17, 15) is 5.11 Å². The third-order valence-electron chi connectivity index (χ3n) is 3.17. The molecule has 2 N–H and O–H groups in total. The minimum Gasteiger partial charge on any atom is -0.508 e. The molecule has 3 nitrogen and oxygen atoms in total. The number of aromatic nitrogens is 1. The number of fused-ring (bicyclic) bond motifs is 1. The maximum absolute atomic E-state index is 9.52. The van der Waals surface area contributed by atoms with Crippen molar-refractivity contribution in [2.24, 2.45) is 0 Å². The number of hydrogen-bond acceptors (Lipinski definition) is 3. The summed E-state index contributed by atoms with van der Waals surface area (Å²) < 4.78 is 2.13. The molecule has 3 aromatic rings. The van der Waals surface area contributed by atoms with Crippen molar-refractivity contribution >= 4 is 22.9 Å². The van der Waals surface area contributed by atoms with E-state index >= 15 is 0 Å². The number of phenols is 1. The molecule has 0 atom stereocenters. The Labute approximate surface area is 122 Å². The SMILES string of the molecule is CNCc1ccccc1Sn1ccc2cc(O)ccc21. The van der Waals surface area contributed by atoms with E-state index in [1.807, 2.05) is 25.4 Å². The zero-order valence-electron chi connectivity index (χ0n) is 11.2. The molecule has 0 amide bonds. The lowest BCUT2D eigenvalue weighted by Gasteiger charge is -2.10. The van der Waals surface area contributed by atoms with Crippen molar-refractivity contribution in [2.75, 3.05) is 7.05 Å². The molecule has 0 spiro atoms. The first-order valence-electron chi connectivity index (χ1n) is 6.49. The van der Waals surface area contributed by atoms with Crippen LogP contribution in [0.1, 0.15) is 5.56 Å². The predicted molar refractivity (Wildman–Crippen MR) is 84.1 cm³/mol. The van der Waals surface area contributed by atoms with Crippen LogP contribution >= 0.6 is 11.9 Å². The van der Waals surface area contributed by atoms with Crippen molar-refractivity contribution < 1.29 is 5.11 Å². The standard InChI is InChI=1S/C16H16N2OS/c1-17-11-13-4-2-3-5-16(13)20-18-9-8-12-10-14(19)6-7-15(12)18/h2-10,17,19H,11H2,1H3. The molecule has 0 fully saturated rings. The van der Waals surface area contributed by atoms with Gasteiger partial charge in [-0.3, -0.25) is 3.97 Å². The summed E-state index contributed by atoms with van der Waals surface area (Å²) in [5, 5.41) is 13.8. The van der Waals surface area contributed by atoms with E-state index in [-0.39, 0.29) is 0 Å². The molecule has 0 aliphatic rings. The fourth-order valence-electron chi connectivity index (χ4n) is 2.22. The van der Waals surface area contributed by atoms with E-state index in [0.29, 0.717) is 5.75 Å². The summed E-state index contributed by atoms with van der Waals surface area (Å²) in [6, 6.07) is 15.8. The average molecular weight is 284 g/mol. The summed E-state index contributed by atoms with van der Waals surface area (Å²) in [7, 11) is 1.95. The molecule has 20 heavy (non-hydrogen) atoms. The highest BCUT2D eigenvalue weighted by molar-refractivity contribution is 7.98. The second-order valence-corrected chi connectivity index (χ2v) is 5.63. The van der Waals surface area contributed by atoms with E-state index in [2.05, 4.69) is 33.6 Å². The Morgan fingerprint density at radius 3 is 2.85 bits per heavy atom. The normalized spacial score (nSPS) is 11.1. The van der Waals surface area contributed by atoms with Crippen LogP contribution in [0.4, 0.5) is 0 Å². The maximum atomic E-state index is 9.52. The van der Waals surface area contributed by atoms with Crippen molar-refractivity contribution in [1.82, 2.24) is 9.29 Å². The summed E-state index contributed by atoms with van der Waals surface area (Å²) in [5.41, 5.74) is 2.38. The van der Waals surface area contributed by atoms with Crippen molar-refractivity contribution in [3.8, 4) is 5.75 Å². The third kappa shape index (κ3) is 2.53. The first-order valence-corrected chi connectivity index (χ1v) is 7.26. The molecule has 3 rings (SSSR count). The zero-order valence-corrected chi connectivity index (χ0v) is 12.0. The summed E-state index contributed by atoms with van der Waals surface area (Å²) >= 11 is 1.69. The number of nitrogens with zero attached hydrogens (tertiary/aromatic N) is 1. The van der Waals surface area contributed by atoms with Gasteiger partial charge in [0.05, 0.1) is 5.52 Å². The Morgan fingerprint density at radius 1 is 1.15 bits per heavy atom. The largest absolute Gasteiger partial charge is 0.508 e. The van der Waals surface area contributed by atoms with Crippen molar-refractivity contribution in [2.45, 2.75) is 11.4 Å². The Hall–Kier alpha value is -1.91. The highest BCUT2D eigenvalue weighted by atomic mass is 32.2. The van der Waals surface area contributed by atoms with Gasteiger partial charge in [0.2, 0.25) is 0 Å². The smallest absolute Gasteiger partial charge is 0.116 e. The molecule has 0 saturated carbocycles. The van der Waals surface area contributed by atoms with Crippen LogP contribution in [0.5, 0.6) is 5.75 Å². The Balaban J connectivity index is 1.97. The van der Waals surface area contributed by atoms with Crippen molar-refractivity contribution in [3.05, 3.63) is 60.3 Å². The molecule has 1 heterocycles. The first-order chi connectivity index (χ1) is 9.78. The quantitative estimate of drug-likeness (QED) is 0.768. The Morgan fingerprint density at radius 2 is 2.00 bits per heavy atom. The van der Waals surface area contributed by atoms with Gasteiger partial charge in [-0.25, -0.2) is 0 Å². The van der Waals surface area contributed by atoms with E-state index in [4.69, 9.17) is 0 Å². The minimum atomic E-state index is 0.302. The minimum absolute atomic E-state index is 0.302. The van der Waals surface area contributed by atoms with Gasteiger partial charge in [-0.05, 0) is 54.9 Å². The molecule has 0 aliphatic carbocycles.